The van der Waals surface area contributed by atoms with Crippen molar-refractivity contribution in [2.45, 2.75) is 23.8 Å². The molecule has 0 saturated carbocycles. The van der Waals surface area contributed by atoms with Gasteiger partial charge in [-0.25, -0.2) is 8.42 Å². The Morgan fingerprint density at radius 3 is 2.16 bits per heavy atom. The van der Waals surface area contributed by atoms with Gasteiger partial charge in [0, 0.05) is 30.7 Å². The van der Waals surface area contributed by atoms with E-state index in [2.05, 4.69) is 0 Å². The summed E-state index contributed by atoms with van der Waals surface area (Å²) in [6.45, 7) is -0.398. The molecule has 0 fully saturated rings. The van der Waals surface area contributed by atoms with E-state index >= 15 is 0 Å². The molecular formula is C28H24N2O7S. The maximum Gasteiger partial charge on any atom is 0.322 e. The van der Waals surface area contributed by atoms with Gasteiger partial charge in [0.25, 0.3) is 5.69 Å². The van der Waals surface area contributed by atoms with Gasteiger partial charge in [-0.3, -0.25) is 19.7 Å². The normalized spacial score (nSPS) is 12.3. The number of aliphatic carboxylic acids is 1. The first-order chi connectivity index (χ1) is 18.2. The maximum atomic E-state index is 13.7. The van der Waals surface area contributed by atoms with Gasteiger partial charge in [-0.2, -0.15) is 4.31 Å². The number of carboxylic acid groups (broad SMARTS) is 1. The van der Waals surface area contributed by atoms with Crippen LogP contribution < -0.4 is 0 Å². The van der Waals surface area contributed by atoms with Gasteiger partial charge in [0.2, 0.25) is 10.0 Å². The molecule has 4 aromatic carbocycles. The first kappa shape index (κ1) is 26.6. The molecule has 9 nitrogen and oxygen atoms in total. The molecule has 0 aromatic heterocycles. The first-order valence-corrected chi connectivity index (χ1v) is 13.2. The molecule has 4 aromatic rings. The molecule has 4 rings (SSSR count). The third-order valence-corrected chi connectivity index (χ3v) is 8.13. The summed E-state index contributed by atoms with van der Waals surface area (Å²) in [5.74, 6) is -1.72. The van der Waals surface area contributed by atoms with Crippen LogP contribution in [0, 0.1) is 10.1 Å². The lowest BCUT2D eigenvalue weighted by Crippen LogP contribution is -2.47. The number of hydrogen-bond donors (Lipinski definition) is 1. The lowest BCUT2D eigenvalue weighted by Gasteiger charge is -2.28. The molecule has 0 spiro atoms. The van der Waals surface area contributed by atoms with Gasteiger partial charge in [-0.15, -0.1) is 0 Å². The van der Waals surface area contributed by atoms with Gasteiger partial charge in [0.05, 0.1) is 9.82 Å². The molecule has 0 amide bonds. The van der Waals surface area contributed by atoms with Crippen molar-refractivity contribution >= 4 is 38.2 Å². The molecule has 194 valence electrons. The summed E-state index contributed by atoms with van der Waals surface area (Å²) in [6, 6.07) is 23.8. The molecule has 0 heterocycles. The van der Waals surface area contributed by atoms with Crippen LogP contribution in [0.1, 0.15) is 22.3 Å². The number of ketones is 1. The van der Waals surface area contributed by atoms with E-state index in [4.69, 9.17) is 0 Å². The Hall–Kier alpha value is -4.41. The number of nitro groups is 1. The number of sulfonamides is 1. The molecule has 38 heavy (non-hydrogen) atoms. The lowest BCUT2D eigenvalue weighted by molar-refractivity contribution is -0.384. The van der Waals surface area contributed by atoms with E-state index in [-0.39, 0.29) is 29.2 Å². The van der Waals surface area contributed by atoms with E-state index in [9.17, 15) is 33.2 Å². The monoisotopic (exact) mass is 532 g/mol. The fourth-order valence-electron chi connectivity index (χ4n) is 4.28. The fourth-order valence-corrected chi connectivity index (χ4v) is 5.87. The summed E-state index contributed by atoms with van der Waals surface area (Å²) in [5, 5.41) is 22.7. The second-order valence-electron chi connectivity index (χ2n) is 8.61. The Morgan fingerprint density at radius 2 is 1.50 bits per heavy atom. The van der Waals surface area contributed by atoms with Crippen LogP contribution >= 0.6 is 0 Å². The predicted octanol–water partition coefficient (Wildman–Crippen LogP) is 4.71. The number of hydrogen-bond acceptors (Lipinski definition) is 6. The molecule has 1 atom stereocenters. The maximum absolute atomic E-state index is 13.7. The quantitative estimate of drug-likeness (QED) is 0.168. The van der Waals surface area contributed by atoms with Crippen LogP contribution in [-0.4, -0.2) is 47.1 Å². The van der Waals surface area contributed by atoms with E-state index < -0.39 is 33.5 Å². The number of benzene rings is 4. The fraction of sp³-hybridized carbons (Fsp3) is 0.143. The Balaban J connectivity index is 1.70. The van der Waals surface area contributed by atoms with E-state index in [0.29, 0.717) is 16.5 Å². The highest BCUT2D eigenvalue weighted by atomic mass is 32.2. The molecule has 0 aliphatic heterocycles. The number of carbonyl (C=O) groups excluding carboxylic acids is 1. The van der Waals surface area contributed by atoms with Crippen molar-refractivity contribution in [2.24, 2.45) is 0 Å². The summed E-state index contributed by atoms with van der Waals surface area (Å²) < 4.78 is 28.2. The smallest absolute Gasteiger partial charge is 0.322 e. The van der Waals surface area contributed by atoms with Crippen molar-refractivity contribution in [2.75, 3.05) is 6.54 Å². The van der Waals surface area contributed by atoms with Gasteiger partial charge >= 0.3 is 5.97 Å². The second-order valence-corrected chi connectivity index (χ2v) is 10.5. The average Bonchev–Trinajstić information content (AvgIpc) is 2.92. The zero-order chi connectivity index (χ0) is 27.3. The minimum Gasteiger partial charge on any atom is -0.480 e. The van der Waals surface area contributed by atoms with Gasteiger partial charge in [0.1, 0.15) is 6.04 Å². The Morgan fingerprint density at radius 1 is 0.868 bits per heavy atom. The lowest BCUT2D eigenvalue weighted by atomic mass is 9.99. The average molecular weight is 533 g/mol. The Kier molecular flexibility index (Phi) is 7.94. The van der Waals surface area contributed by atoms with Crippen molar-refractivity contribution < 1.29 is 28.0 Å². The van der Waals surface area contributed by atoms with Crippen molar-refractivity contribution in [1.29, 1.82) is 0 Å². The van der Waals surface area contributed by atoms with Gasteiger partial charge in [-0.1, -0.05) is 72.8 Å². The topological polar surface area (TPSA) is 135 Å². The SMILES string of the molecule is O=C(CCN([C@@H](Cc1ccccc1)C(=O)O)S(=O)(=O)c1ccc([N+](=O)[O-])cc1)c1cccc2ccccc12. The van der Waals surface area contributed by atoms with Crippen LogP contribution in [0.2, 0.25) is 0 Å². The first-order valence-electron chi connectivity index (χ1n) is 11.7. The largest absolute Gasteiger partial charge is 0.480 e. The zero-order valence-electron chi connectivity index (χ0n) is 20.1. The third-order valence-electron chi connectivity index (χ3n) is 6.21. The third kappa shape index (κ3) is 5.77. The molecule has 0 saturated heterocycles. The van der Waals surface area contributed by atoms with E-state index in [1.165, 1.54) is 0 Å². The van der Waals surface area contributed by atoms with E-state index in [1.807, 2.05) is 18.2 Å². The zero-order valence-corrected chi connectivity index (χ0v) is 21.0. The predicted molar refractivity (Wildman–Crippen MR) is 141 cm³/mol. The standard InChI is InChI=1S/C28H24N2O7S/c31-27(25-12-6-10-21-9-4-5-11-24(21)25)17-18-29(26(28(32)33)19-20-7-2-1-3-8-20)38(36,37)23-15-13-22(14-16-23)30(34)35/h1-16,26H,17-19H2,(H,32,33)/t26-/m0/s1. The van der Waals surface area contributed by atoms with Crippen LogP contribution in [-0.2, 0) is 21.2 Å². The second kappa shape index (κ2) is 11.3. The number of fused-ring (bicyclic) bond motifs is 1. The molecule has 1 N–H and O–H groups in total. The summed E-state index contributed by atoms with van der Waals surface area (Å²) in [7, 11) is -4.45. The molecular weight excluding hydrogens is 508 g/mol. The highest BCUT2D eigenvalue weighted by Gasteiger charge is 2.36. The molecule has 0 unspecified atom stereocenters. The molecule has 0 radical (unpaired) electrons. The minimum atomic E-state index is -4.45. The number of rotatable bonds is 11. The van der Waals surface area contributed by atoms with E-state index in [0.717, 1.165) is 34.0 Å². The number of nitro benzene ring substituents is 1. The Bertz CT molecular complexity index is 1580. The highest BCUT2D eigenvalue weighted by molar-refractivity contribution is 7.89. The van der Waals surface area contributed by atoms with Crippen molar-refractivity contribution in [1.82, 2.24) is 4.31 Å². The van der Waals surface area contributed by atoms with Crippen LogP contribution in [0.25, 0.3) is 10.8 Å². The number of carbonyl (C=O) groups is 2. The van der Waals surface area contributed by atoms with Gasteiger partial charge in [-0.05, 0) is 34.9 Å². The number of Topliss-reactive ketones (excluding diaryl/α,β-unsaturated/α-hetero) is 1. The van der Waals surface area contributed by atoms with Crippen LogP contribution in [0.3, 0.4) is 0 Å². The molecule has 0 bridgehead atoms. The minimum absolute atomic E-state index is 0.134. The van der Waals surface area contributed by atoms with Crippen LogP contribution in [0.4, 0.5) is 5.69 Å². The summed E-state index contributed by atoms with van der Waals surface area (Å²) in [4.78, 5) is 35.7. The molecule has 0 aliphatic rings. The van der Waals surface area contributed by atoms with E-state index in [1.54, 1.807) is 54.6 Å². The Labute approximate surface area is 219 Å². The summed E-state index contributed by atoms with van der Waals surface area (Å²) >= 11 is 0. The highest BCUT2D eigenvalue weighted by Crippen LogP contribution is 2.25. The van der Waals surface area contributed by atoms with Gasteiger partial charge in [0.15, 0.2) is 5.78 Å². The number of non-ortho nitro benzene ring substituents is 1. The number of carboxylic acids is 1. The summed E-state index contributed by atoms with van der Waals surface area (Å²) in [5.41, 5.74) is 0.704. The molecule has 10 heteroatoms. The molecule has 0 aliphatic carbocycles. The van der Waals surface area contributed by atoms with Crippen molar-refractivity contribution in [3.63, 3.8) is 0 Å². The van der Waals surface area contributed by atoms with Crippen molar-refractivity contribution in [3.05, 3.63) is 118 Å². The summed E-state index contributed by atoms with van der Waals surface area (Å²) in [6.07, 6.45) is -0.399. The van der Waals surface area contributed by atoms with Crippen molar-refractivity contribution in [3.8, 4) is 0 Å². The van der Waals surface area contributed by atoms with Crippen LogP contribution in [0.5, 0.6) is 0 Å². The van der Waals surface area contributed by atoms with Crippen LogP contribution in [0.15, 0.2) is 102 Å². The van der Waals surface area contributed by atoms with Gasteiger partial charge < -0.3 is 5.11 Å². The number of nitrogens with zero attached hydrogens (tertiary/aromatic N) is 2.